The van der Waals surface area contributed by atoms with Crippen LogP contribution < -0.4 is 5.32 Å². The van der Waals surface area contributed by atoms with E-state index in [1.54, 1.807) is 0 Å². The Morgan fingerprint density at radius 2 is 2.24 bits per heavy atom. The average molecular weight is 307 g/mol. The van der Waals surface area contributed by atoms with Gasteiger partial charge in [0.2, 0.25) is 0 Å². The normalized spacial score (nSPS) is 30.3. The van der Waals surface area contributed by atoms with Gasteiger partial charge in [0.25, 0.3) is 0 Å². The number of ether oxygens (including phenoxy) is 1. The topological polar surface area (TPSA) is 41.6 Å². The van der Waals surface area contributed by atoms with Crippen LogP contribution in [0.5, 0.6) is 0 Å². The van der Waals surface area contributed by atoms with Gasteiger partial charge in [-0.15, -0.1) is 0 Å². The van der Waals surface area contributed by atoms with Gasteiger partial charge in [0.05, 0.1) is 18.2 Å². The Labute approximate surface area is 129 Å². The van der Waals surface area contributed by atoms with Crippen molar-refractivity contribution in [3.05, 3.63) is 34.3 Å². The maximum atomic E-state index is 12.4. The van der Waals surface area contributed by atoms with E-state index in [1.165, 1.54) is 11.1 Å². The smallest absolute Gasteiger partial charge is 0.318 e. The lowest BCUT2D eigenvalue weighted by atomic mass is 9.95. The molecule has 2 saturated heterocycles. The lowest BCUT2D eigenvalue weighted by Crippen LogP contribution is -2.49. The molecule has 1 aromatic carbocycles. The molecule has 2 fully saturated rings. The summed E-state index contributed by atoms with van der Waals surface area (Å²) in [6, 6.07) is 6.17. The zero-order chi connectivity index (χ0) is 14.4. The standard InChI is InChI=1S/C16H19ClN2O2/c17-12-2-1-11-9-19(6-5-10(11)7-12)16(20)18-14-8-13-3-4-15(14)21-13/h1-2,7,13-15H,3-6,8-9H2,(H,18,20)/t13-,14+,15-/m1/s1. The highest BCUT2D eigenvalue weighted by molar-refractivity contribution is 6.30. The zero-order valence-electron chi connectivity index (χ0n) is 11.8. The minimum absolute atomic E-state index is 0.0387. The molecule has 3 aliphatic rings. The van der Waals surface area contributed by atoms with Crippen LogP contribution in [0.3, 0.4) is 0 Å². The second kappa shape index (κ2) is 5.18. The van der Waals surface area contributed by atoms with Crippen LogP contribution in [0.1, 0.15) is 30.4 Å². The SMILES string of the molecule is O=C(N[C@H]1C[C@H]2CC[C@H]1O2)N1CCc2cc(Cl)ccc2C1. The largest absolute Gasteiger partial charge is 0.373 e. The Hall–Kier alpha value is -1.26. The molecule has 0 saturated carbocycles. The number of carbonyl (C=O) groups is 1. The van der Waals surface area contributed by atoms with Gasteiger partial charge in [-0.3, -0.25) is 0 Å². The maximum Gasteiger partial charge on any atom is 0.318 e. The van der Waals surface area contributed by atoms with Crippen molar-refractivity contribution in [2.45, 2.75) is 50.5 Å². The number of fused-ring (bicyclic) bond motifs is 3. The quantitative estimate of drug-likeness (QED) is 0.867. The number of hydrogen-bond donors (Lipinski definition) is 1. The van der Waals surface area contributed by atoms with Crippen LogP contribution in [0.2, 0.25) is 5.02 Å². The summed E-state index contributed by atoms with van der Waals surface area (Å²) in [6.45, 7) is 1.42. The number of nitrogens with one attached hydrogen (secondary N) is 1. The van der Waals surface area contributed by atoms with Crippen LogP contribution in [0.15, 0.2) is 18.2 Å². The van der Waals surface area contributed by atoms with Crippen LogP contribution in [0.4, 0.5) is 4.79 Å². The van der Waals surface area contributed by atoms with Gasteiger partial charge in [0.1, 0.15) is 0 Å². The third kappa shape index (κ3) is 2.51. The third-order valence-corrected chi connectivity index (χ3v) is 5.12. The number of carbonyl (C=O) groups excluding carboxylic acids is 1. The van der Waals surface area contributed by atoms with Crippen molar-refractivity contribution in [2.75, 3.05) is 6.54 Å². The second-order valence-electron chi connectivity index (χ2n) is 6.25. The maximum absolute atomic E-state index is 12.4. The van der Waals surface area contributed by atoms with Crippen LogP contribution in [-0.2, 0) is 17.7 Å². The molecule has 3 aliphatic heterocycles. The lowest BCUT2D eigenvalue weighted by molar-refractivity contribution is 0.0968. The van der Waals surface area contributed by atoms with Gasteiger partial charge in [0.15, 0.2) is 0 Å². The fourth-order valence-electron chi connectivity index (χ4n) is 3.73. The Balaban J connectivity index is 1.41. The summed E-state index contributed by atoms with van der Waals surface area (Å²) in [5, 5.41) is 3.93. The molecule has 2 amide bonds. The minimum atomic E-state index is 0.0387. The van der Waals surface area contributed by atoms with Crippen LogP contribution in [0.25, 0.3) is 0 Å². The monoisotopic (exact) mass is 306 g/mol. The van der Waals surface area contributed by atoms with Gasteiger partial charge in [-0.2, -0.15) is 0 Å². The third-order valence-electron chi connectivity index (χ3n) is 4.88. The van der Waals surface area contributed by atoms with Crippen molar-refractivity contribution in [3.8, 4) is 0 Å². The number of amides is 2. The molecule has 4 rings (SSSR count). The number of nitrogens with zero attached hydrogens (tertiary/aromatic N) is 1. The molecule has 0 unspecified atom stereocenters. The van der Waals surface area contributed by atoms with Crippen molar-refractivity contribution >= 4 is 17.6 Å². The molecule has 0 aromatic heterocycles. The molecule has 0 radical (unpaired) electrons. The van der Waals surface area contributed by atoms with E-state index in [0.29, 0.717) is 12.6 Å². The van der Waals surface area contributed by atoms with Gasteiger partial charge in [-0.1, -0.05) is 17.7 Å². The van der Waals surface area contributed by atoms with E-state index < -0.39 is 0 Å². The molecule has 1 aromatic rings. The fourth-order valence-corrected chi connectivity index (χ4v) is 3.93. The molecule has 21 heavy (non-hydrogen) atoms. The first-order chi connectivity index (χ1) is 10.2. The first kappa shape index (κ1) is 13.4. The van der Waals surface area contributed by atoms with E-state index in [1.807, 2.05) is 23.1 Å². The van der Waals surface area contributed by atoms with Crippen LogP contribution in [-0.4, -0.2) is 35.7 Å². The molecule has 1 N–H and O–H groups in total. The first-order valence-corrected chi connectivity index (χ1v) is 8.05. The highest BCUT2D eigenvalue weighted by Gasteiger charge is 2.41. The average Bonchev–Trinajstić information content (AvgIpc) is 3.09. The van der Waals surface area contributed by atoms with E-state index >= 15 is 0 Å². The number of hydrogen-bond acceptors (Lipinski definition) is 2. The van der Waals surface area contributed by atoms with Gasteiger partial charge in [-0.05, 0) is 48.9 Å². The number of halogens is 1. The molecule has 2 bridgehead atoms. The van der Waals surface area contributed by atoms with Crippen LogP contribution >= 0.6 is 11.6 Å². The number of rotatable bonds is 1. The molecule has 5 heteroatoms. The van der Waals surface area contributed by atoms with Gasteiger partial charge in [0, 0.05) is 18.1 Å². The van der Waals surface area contributed by atoms with Crippen molar-refractivity contribution < 1.29 is 9.53 Å². The molecule has 0 spiro atoms. The number of benzene rings is 1. The highest BCUT2D eigenvalue weighted by atomic mass is 35.5. The molecule has 3 heterocycles. The van der Waals surface area contributed by atoms with Gasteiger partial charge < -0.3 is 15.0 Å². The Morgan fingerprint density at radius 3 is 3.00 bits per heavy atom. The summed E-state index contributed by atoms with van der Waals surface area (Å²) in [6.07, 6.45) is 4.66. The van der Waals surface area contributed by atoms with Crippen molar-refractivity contribution in [3.63, 3.8) is 0 Å². The lowest BCUT2D eigenvalue weighted by Gasteiger charge is -2.31. The Kier molecular flexibility index (Phi) is 3.31. The summed E-state index contributed by atoms with van der Waals surface area (Å²) >= 11 is 6.02. The van der Waals surface area contributed by atoms with Crippen molar-refractivity contribution in [1.82, 2.24) is 10.2 Å². The molecule has 0 aliphatic carbocycles. The van der Waals surface area contributed by atoms with E-state index in [0.717, 1.165) is 37.3 Å². The highest BCUT2D eigenvalue weighted by Crippen LogP contribution is 2.34. The van der Waals surface area contributed by atoms with Crippen LogP contribution in [0, 0.1) is 0 Å². The van der Waals surface area contributed by atoms with Crippen molar-refractivity contribution in [1.29, 1.82) is 0 Å². The van der Waals surface area contributed by atoms with Crippen molar-refractivity contribution in [2.24, 2.45) is 0 Å². The van der Waals surface area contributed by atoms with Gasteiger partial charge >= 0.3 is 6.03 Å². The summed E-state index contributed by atoms with van der Waals surface area (Å²) < 4.78 is 5.79. The second-order valence-corrected chi connectivity index (χ2v) is 6.69. The summed E-state index contributed by atoms with van der Waals surface area (Å²) in [4.78, 5) is 14.3. The molecular formula is C16H19ClN2O2. The summed E-state index contributed by atoms with van der Waals surface area (Å²) in [5.41, 5.74) is 2.46. The minimum Gasteiger partial charge on any atom is -0.373 e. The first-order valence-electron chi connectivity index (χ1n) is 7.67. The van der Waals surface area contributed by atoms with E-state index in [9.17, 15) is 4.79 Å². The molecule has 112 valence electrons. The zero-order valence-corrected chi connectivity index (χ0v) is 12.6. The summed E-state index contributed by atoms with van der Waals surface area (Å²) in [5.74, 6) is 0. The van der Waals surface area contributed by atoms with E-state index in [4.69, 9.17) is 16.3 Å². The van der Waals surface area contributed by atoms with Gasteiger partial charge in [-0.25, -0.2) is 4.79 Å². The molecule has 3 atom stereocenters. The molecular weight excluding hydrogens is 288 g/mol. The Bertz CT molecular complexity index is 577. The van der Waals surface area contributed by atoms with E-state index in [-0.39, 0.29) is 18.2 Å². The fraction of sp³-hybridized carbons (Fsp3) is 0.562. The number of urea groups is 1. The van der Waals surface area contributed by atoms with E-state index in [2.05, 4.69) is 5.32 Å². The molecule has 4 nitrogen and oxygen atoms in total. The predicted octanol–water partition coefficient (Wildman–Crippen LogP) is 2.73. The predicted molar refractivity (Wildman–Crippen MR) is 80.4 cm³/mol. The summed E-state index contributed by atoms with van der Waals surface area (Å²) in [7, 11) is 0. The Morgan fingerprint density at radius 1 is 1.33 bits per heavy atom.